The third kappa shape index (κ3) is 4.28. The van der Waals surface area contributed by atoms with Gasteiger partial charge in [0, 0.05) is 0 Å². The van der Waals surface area contributed by atoms with E-state index in [9.17, 15) is 22.4 Å². The molecule has 0 aliphatic heterocycles. The zero-order chi connectivity index (χ0) is 17.0. The first-order valence-corrected chi connectivity index (χ1v) is 6.68. The van der Waals surface area contributed by atoms with E-state index >= 15 is 0 Å². The molecule has 3 N–H and O–H groups in total. The van der Waals surface area contributed by atoms with Crippen LogP contribution in [0.15, 0.2) is 36.7 Å². The lowest BCUT2D eigenvalue weighted by molar-refractivity contribution is -0.137. The van der Waals surface area contributed by atoms with Gasteiger partial charge in [-0.05, 0) is 37.2 Å². The number of alkyl halides is 4. The largest absolute Gasteiger partial charge is 0.416 e. The number of carbonyl (C=O) groups excluding carboxylic acids is 1. The van der Waals surface area contributed by atoms with E-state index in [1.165, 1.54) is 29.2 Å². The maximum Gasteiger partial charge on any atom is 0.416 e. The Hall–Kier alpha value is -2.42. The highest BCUT2D eigenvalue weighted by Gasteiger charge is 2.30. The van der Waals surface area contributed by atoms with Crippen molar-refractivity contribution in [2.75, 3.05) is 11.9 Å². The van der Waals surface area contributed by atoms with Crippen molar-refractivity contribution < 1.29 is 22.4 Å². The Labute approximate surface area is 129 Å². The molecule has 2 rings (SSSR count). The Morgan fingerprint density at radius 2 is 1.96 bits per heavy atom. The van der Waals surface area contributed by atoms with Crippen LogP contribution in [0.2, 0.25) is 0 Å². The van der Waals surface area contributed by atoms with Gasteiger partial charge in [0.1, 0.15) is 0 Å². The molecule has 0 fully saturated rings. The second-order valence-corrected chi connectivity index (χ2v) is 4.75. The summed E-state index contributed by atoms with van der Waals surface area (Å²) in [6, 6.07) is 4.34. The van der Waals surface area contributed by atoms with E-state index in [-0.39, 0.29) is 18.7 Å². The number of anilines is 1. The Bertz CT molecular complexity index is 666. The van der Waals surface area contributed by atoms with Crippen LogP contribution in [0.5, 0.6) is 0 Å². The number of hydrogen-bond donors (Lipinski definition) is 2. The average molecular weight is 330 g/mol. The van der Waals surface area contributed by atoms with E-state index in [2.05, 4.69) is 10.4 Å². The van der Waals surface area contributed by atoms with E-state index in [4.69, 9.17) is 5.73 Å². The number of hydrogen-bond acceptors (Lipinski definition) is 3. The third-order valence-electron chi connectivity index (χ3n) is 3.01. The lowest BCUT2D eigenvalue weighted by Crippen LogP contribution is -2.26. The number of nitrogens with one attached hydrogen (secondary N) is 1. The number of carbonyl (C=O) groups is 1. The molecular weight excluding hydrogens is 316 g/mol. The van der Waals surface area contributed by atoms with Gasteiger partial charge in [0.15, 0.2) is 6.17 Å². The van der Waals surface area contributed by atoms with Crippen LogP contribution in [0.1, 0.15) is 12.0 Å². The molecule has 0 saturated heterocycles. The Morgan fingerprint density at radius 3 is 2.52 bits per heavy atom. The zero-order valence-electron chi connectivity index (χ0n) is 11.8. The van der Waals surface area contributed by atoms with Crippen molar-refractivity contribution in [3.05, 3.63) is 42.2 Å². The van der Waals surface area contributed by atoms with Crippen LogP contribution < -0.4 is 11.1 Å². The van der Waals surface area contributed by atoms with Gasteiger partial charge in [0.25, 0.3) is 5.91 Å². The fourth-order valence-corrected chi connectivity index (χ4v) is 1.83. The van der Waals surface area contributed by atoms with E-state index in [1.54, 1.807) is 0 Å². The van der Waals surface area contributed by atoms with Crippen LogP contribution in [0.4, 0.5) is 23.2 Å². The Morgan fingerprint density at radius 1 is 1.30 bits per heavy atom. The van der Waals surface area contributed by atoms with E-state index in [0.29, 0.717) is 5.69 Å². The minimum atomic E-state index is -4.42. The van der Waals surface area contributed by atoms with Crippen LogP contribution in [0.25, 0.3) is 5.69 Å². The molecule has 0 spiro atoms. The van der Waals surface area contributed by atoms with Crippen LogP contribution in [-0.2, 0) is 11.0 Å². The van der Waals surface area contributed by atoms with Crippen LogP contribution in [-0.4, -0.2) is 28.4 Å². The van der Waals surface area contributed by atoms with E-state index < -0.39 is 23.8 Å². The molecule has 1 amide bonds. The molecule has 0 aliphatic rings. The maximum atomic E-state index is 13.3. The standard InChI is InChI=1S/C14H14F4N4O/c15-12(5-6-19)13(23)21-10-7-20-22(8-10)11-3-1-9(2-4-11)14(16,17)18/h1-4,7-8,12H,5-6,19H2,(H,21,23). The summed E-state index contributed by atoms with van der Waals surface area (Å²) in [5, 5.41) is 6.23. The highest BCUT2D eigenvalue weighted by molar-refractivity contribution is 5.93. The van der Waals surface area contributed by atoms with Gasteiger partial charge >= 0.3 is 6.18 Å². The van der Waals surface area contributed by atoms with E-state index in [0.717, 1.165) is 12.1 Å². The van der Waals surface area contributed by atoms with Gasteiger partial charge in [-0.2, -0.15) is 18.3 Å². The molecule has 1 atom stereocenters. The number of amides is 1. The van der Waals surface area contributed by atoms with Crippen molar-refractivity contribution in [2.24, 2.45) is 5.73 Å². The molecule has 1 unspecified atom stereocenters. The number of nitrogens with zero attached hydrogens (tertiary/aromatic N) is 2. The smallest absolute Gasteiger partial charge is 0.330 e. The van der Waals surface area contributed by atoms with Gasteiger partial charge < -0.3 is 11.1 Å². The lowest BCUT2D eigenvalue weighted by Gasteiger charge is -2.08. The van der Waals surface area contributed by atoms with Gasteiger partial charge in [0.2, 0.25) is 0 Å². The van der Waals surface area contributed by atoms with Gasteiger partial charge in [0.05, 0.1) is 29.3 Å². The van der Waals surface area contributed by atoms with Crippen molar-refractivity contribution in [2.45, 2.75) is 18.8 Å². The van der Waals surface area contributed by atoms with Crippen LogP contribution in [0, 0.1) is 0 Å². The topological polar surface area (TPSA) is 72.9 Å². The second-order valence-electron chi connectivity index (χ2n) is 4.75. The van der Waals surface area contributed by atoms with E-state index in [1.807, 2.05) is 0 Å². The Kier molecular flexibility index (Phi) is 4.99. The summed E-state index contributed by atoms with van der Waals surface area (Å²) < 4.78 is 52.1. The highest BCUT2D eigenvalue weighted by Crippen LogP contribution is 2.29. The fourth-order valence-electron chi connectivity index (χ4n) is 1.83. The first kappa shape index (κ1) is 16.9. The molecule has 23 heavy (non-hydrogen) atoms. The molecule has 1 heterocycles. The molecule has 1 aromatic heterocycles. The molecule has 1 aromatic carbocycles. The van der Waals surface area contributed by atoms with Crippen molar-refractivity contribution >= 4 is 11.6 Å². The molecule has 9 heteroatoms. The summed E-state index contributed by atoms with van der Waals surface area (Å²) in [7, 11) is 0. The normalized spacial score (nSPS) is 12.9. The van der Waals surface area contributed by atoms with Gasteiger partial charge in [-0.1, -0.05) is 0 Å². The fraction of sp³-hybridized carbons (Fsp3) is 0.286. The molecule has 2 aromatic rings. The summed E-state index contributed by atoms with van der Waals surface area (Å²) in [5.74, 6) is -0.845. The summed E-state index contributed by atoms with van der Waals surface area (Å²) in [4.78, 5) is 11.5. The van der Waals surface area contributed by atoms with Crippen LogP contribution in [0.3, 0.4) is 0 Å². The predicted molar refractivity (Wildman–Crippen MR) is 75.8 cm³/mol. The van der Waals surface area contributed by atoms with Gasteiger partial charge in [-0.3, -0.25) is 4.79 Å². The molecule has 0 radical (unpaired) electrons. The highest BCUT2D eigenvalue weighted by atomic mass is 19.4. The van der Waals surface area contributed by atoms with Crippen LogP contribution >= 0.6 is 0 Å². The molecular formula is C14H14F4N4O. The van der Waals surface area contributed by atoms with Crippen molar-refractivity contribution in [3.63, 3.8) is 0 Å². The summed E-state index contributed by atoms with van der Waals surface area (Å²) in [5.41, 5.74) is 5.00. The minimum Gasteiger partial charge on any atom is -0.330 e. The molecule has 124 valence electrons. The molecule has 0 bridgehead atoms. The molecule has 0 saturated carbocycles. The minimum absolute atomic E-state index is 0.0411. The monoisotopic (exact) mass is 330 g/mol. The molecule has 0 aliphatic carbocycles. The number of nitrogens with two attached hydrogens (primary N) is 1. The van der Waals surface area contributed by atoms with Crippen molar-refractivity contribution in [1.29, 1.82) is 0 Å². The average Bonchev–Trinajstić information content (AvgIpc) is 2.95. The van der Waals surface area contributed by atoms with Gasteiger partial charge in [-0.25, -0.2) is 9.07 Å². The Balaban J connectivity index is 2.09. The second kappa shape index (κ2) is 6.78. The first-order valence-electron chi connectivity index (χ1n) is 6.68. The first-order chi connectivity index (χ1) is 10.8. The van der Waals surface area contributed by atoms with Crippen molar-refractivity contribution in [1.82, 2.24) is 9.78 Å². The summed E-state index contributed by atoms with van der Waals surface area (Å²) in [6.07, 6.45) is -3.60. The number of aromatic nitrogens is 2. The SMILES string of the molecule is NCCC(F)C(=O)Nc1cnn(-c2ccc(C(F)(F)F)cc2)c1. The number of rotatable bonds is 5. The quantitative estimate of drug-likeness (QED) is 0.828. The summed E-state index contributed by atoms with van der Waals surface area (Å²) >= 11 is 0. The van der Waals surface area contributed by atoms with Crippen molar-refractivity contribution in [3.8, 4) is 5.69 Å². The number of halogens is 4. The zero-order valence-corrected chi connectivity index (χ0v) is 11.8. The summed E-state index contributed by atoms with van der Waals surface area (Å²) in [6.45, 7) is 0.0411. The third-order valence-corrected chi connectivity index (χ3v) is 3.01. The lowest BCUT2D eigenvalue weighted by atomic mass is 10.2. The predicted octanol–water partition coefficient (Wildman–Crippen LogP) is 2.52. The number of benzene rings is 1. The van der Waals surface area contributed by atoms with Gasteiger partial charge in [-0.15, -0.1) is 0 Å². The molecule has 5 nitrogen and oxygen atoms in total. The maximum absolute atomic E-state index is 13.3.